The molecule has 0 aliphatic rings. The third-order valence-electron chi connectivity index (χ3n) is 10.8. The van der Waals surface area contributed by atoms with Gasteiger partial charge < -0.3 is 14.2 Å². The lowest BCUT2D eigenvalue weighted by Gasteiger charge is -2.18. The van der Waals surface area contributed by atoms with Gasteiger partial charge in [-0.05, 0) is 89.9 Å². The Morgan fingerprint density at radius 1 is 0.367 bits per heavy atom. The fourth-order valence-electron chi connectivity index (χ4n) is 6.92. The minimum atomic E-state index is -0.784. The smallest absolute Gasteiger partial charge is 0.306 e. The molecular weight excluding hydrogens is 745 g/mol. The van der Waals surface area contributed by atoms with E-state index < -0.39 is 6.10 Å². The molecule has 0 aromatic heterocycles. The van der Waals surface area contributed by atoms with Gasteiger partial charge in [-0.15, -0.1) is 0 Å². The third-order valence-corrected chi connectivity index (χ3v) is 10.8. The number of hydrogen-bond acceptors (Lipinski definition) is 6. The zero-order chi connectivity index (χ0) is 43.7. The number of ether oxygens (including phenoxy) is 3. The van der Waals surface area contributed by atoms with E-state index in [1.165, 1.54) is 109 Å². The van der Waals surface area contributed by atoms with E-state index in [0.29, 0.717) is 19.3 Å². The lowest BCUT2D eigenvalue weighted by molar-refractivity contribution is -0.167. The van der Waals surface area contributed by atoms with Crippen LogP contribution in [0.4, 0.5) is 0 Å². The van der Waals surface area contributed by atoms with Gasteiger partial charge in [0.2, 0.25) is 0 Å². The predicted molar refractivity (Wildman–Crippen MR) is 256 cm³/mol. The Labute approximate surface area is 370 Å². The summed E-state index contributed by atoms with van der Waals surface area (Å²) >= 11 is 0. The van der Waals surface area contributed by atoms with Crippen LogP contribution >= 0.6 is 0 Å². The maximum Gasteiger partial charge on any atom is 0.306 e. The molecule has 0 aliphatic heterocycles. The molecule has 1 atom stereocenters. The number of carbonyl (C=O) groups is 3. The molecule has 60 heavy (non-hydrogen) atoms. The second-order valence-corrected chi connectivity index (χ2v) is 16.7. The normalized spacial score (nSPS) is 12.5. The van der Waals surface area contributed by atoms with Crippen LogP contribution in [0.3, 0.4) is 0 Å². The summed E-state index contributed by atoms with van der Waals surface area (Å²) in [5, 5.41) is 0. The summed E-state index contributed by atoms with van der Waals surface area (Å²) in [6.45, 7) is 6.44. The largest absolute Gasteiger partial charge is 0.462 e. The summed E-state index contributed by atoms with van der Waals surface area (Å²) in [6, 6.07) is 0. The van der Waals surface area contributed by atoms with Crippen LogP contribution in [0, 0.1) is 0 Å². The zero-order valence-electron chi connectivity index (χ0n) is 39.5. The molecular formula is C54H94O6. The third kappa shape index (κ3) is 46.2. The van der Waals surface area contributed by atoms with Crippen molar-refractivity contribution in [2.45, 2.75) is 252 Å². The second-order valence-electron chi connectivity index (χ2n) is 16.7. The van der Waals surface area contributed by atoms with Crippen LogP contribution in [0.15, 0.2) is 60.8 Å². The van der Waals surface area contributed by atoms with E-state index in [1.807, 2.05) is 0 Å². The highest BCUT2D eigenvalue weighted by molar-refractivity contribution is 5.71. The maximum absolute atomic E-state index is 12.7. The van der Waals surface area contributed by atoms with Gasteiger partial charge in [0.15, 0.2) is 6.10 Å². The molecule has 0 N–H and O–H groups in total. The molecule has 1 unspecified atom stereocenters. The first-order chi connectivity index (χ1) is 29.5. The lowest BCUT2D eigenvalue weighted by atomic mass is 10.1. The fourth-order valence-corrected chi connectivity index (χ4v) is 6.92. The summed E-state index contributed by atoms with van der Waals surface area (Å²) in [4.78, 5) is 37.9. The minimum absolute atomic E-state index is 0.0844. The Kier molecular flexibility index (Phi) is 46.4. The van der Waals surface area contributed by atoms with Crippen LogP contribution in [0.2, 0.25) is 0 Å². The van der Waals surface area contributed by atoms with Crippen molar-refractivity contribution in [3.63, 3.8) is 0 Å². The number of hydrogen-bond donors (Lipinski definition) is 0. The van der Waals surface area contributed by atoms with E-state index in [9.17, 15) is 14.4 Å². The van der Waals surface area contributed by atoms with Crippen molar-refractivity contribution >= 4 is 17.9 Å². The highest BCUT2D eigenvalue weighted by atomic mass is 16.6. The van der Waals surface area contributed by atoms with E-state index in [2.05, 4.69) is 81.5 Å². The van der Waals surface area contributed by atoms with Crippen LogP contribution in [-0.4, -0.2) is 37.2 Å². The number of esters is 3. The highest BCUT2D eigenvalue weighted by Crippen LogP contribution is 2.14. The molecule has 0 spiro atoms. The van der Waals surface area contributed by atoms with E-state index in [1.54, 1.807) is 0 Å². The number of rotatable bonds is 45. The summed E-state index contributed by atoms with van der Waals surface area (Å²) < 4.78 is 16.7. The van der Waals surface area contributed by atoms with Crippen molar-refractivity contribution in [2.24, 2.45) is 0 Å². The molecule has 0 aromatic carbocycles. The second kappa shape index (κ2) is 48.8. The molecule has 0 heterocycles. The van der Waals surface area contributed by atoms with Gasteiger partial charge in [0.05, 0.1) is 0 Å². The topological polar surface area (TPSA) is 78.9 Å². The predicted octanol–water partition coefficient (Wildman–Crippen LogP) is 16.5. The first kappa shape index (κ1) is 57.1. The SMILES string of the molecule is CC/C=C\C/C=C\CCCCCCCC(=O)OC(COC(=O)CCCCCCC/C=C\CCCC)COC(=O)CCCCCCCCCCCC/C=C\C=C/CCCCC. The summed E-state index contributed by atoms with van der Waals surface area (Å²) in [5.74, 6) is -0.911. The molecule has 0 aliphatic carbocycles. The van der Waals surface area contributed by atoms with Crippen LogP contribution in [0.25, 0.3) is 0 Å². The average molecular weight is 839 g/mol. The van der Waals surface area contributed by atoms with E-state index in [4.69, 9.17) is 14.2 Å². The Balaban J connectivity index is 4.33. The van der Waals surface area contributed by atoms with Gasteiger partial charge in [0.25, 0.3) is 0 Å². The number of allylic oxidation sites excluding steroid dienone is 10. The molecule has 0 fully saturated rings. The fraction of sp³-hybridized carbons (Fsp3) is 0.759. The molecule has 0 amide bonds. The van der Waals surface area contributed by atoms with Crippen molar-refractivity contribution in [3.8, 4) is 0 Å². The molecule has 0 saturated heterocycles. The summed E-state index contributed by atoms with van der Waals surface area (Å²) in [6.07, 6.45) is 59.2. The first-order valence-electron chi connectivity index (χ1n) is 25.3. The Morgan fingerprint density at radius 3 is 1.17 bits per heavy atom. The van der Waals surface area contributed by atoms with Crippen LogP contribution in [-0.2, 0) is 28.6 Å². The standard InChI is InChI=1S/C54H94O6/c1-4-7-10-13-16-19-22-24-25-26-27-28-29-30-33-35-38-41-44-47-53(56)59-50-51(49-58-52(55)46-43-40-37-34-31-21-18-15-12-9-6-3)60-54(57)48-45-42-39-36-32-23-20-17-14-11-8-5-2/h8,11,15-20,22,24,51H,4-7,9-10,12-14,21,23,25-50H2,1-3H3/b11-8-,18-15-,19-16-,20-17-,24-22-. The van der Waals surface area contributed by atoms with Gasteiger partial charge in [-0.3, -0.25) is 14.4 Å². The van der Waals surface area contributed by atoms with Gasteiger partial charge in [-0.1, -0.05) is 197 Å². The van der Waals surface area contributed by atoms with Crippen LogP contribution < -0.4 is 0 Å². The zero-order valence-corrected chi connectivity index (χ0v) is 39.5. The lowest BCUT2D eigenvalue weighted by Crippen LogP contribution is -2.30. The minimum Gasteiger partial charge on any atom is -0.462 e. The van der Waals surface area contributed by atoms with Crippen molar-refractivity contribution < 1.29 is 28.6 Å². The highest BCUT2D eigenvalue weighted by Gasteiger charge is 2.19. The van der Waals surface area contributed by atoms with Gasteiger partial charge in [-0.25, -0.2) is 0 Å². The van der Waals surface area contributed by atoms with Crippen LogP contribution in [0.1, 0.15) is 245 Å². The van der Waals surface area contributed by atoms with Crippen LogP contribution in [0.5, 0.6) is 0 Å². The maximum atomic E-state index is 12.7. The van der Waals surface area contributed by atoms with E-state index in [-0.39, 0.29) is 31.1 Å². The average Bonchev–Trinajstić information content (AvgIpc) is 3.24. The van der Waals surface area contributed by atoms with Crippen molar-refractivity contribution in [1.29, 1.82) is 0 Å². The Bertz CT molecular complexity index is 1100. The van der Waals surface area contributed by atoms with Gasteiger partial charge in [-0.2, -0.15) is 0 Å². The molecule has 6 heteroatoms. The van der Waals surface area contributed by atoms with Gasteiger partial charge >= 0.3 is 17.9 Å². The van der Waals surface area contributed by atoms with Crippen molar-refractivity contribution in [2.75, 3.05) is 13.2 Å². The molecule has 0 bridgehead atoms. The molecule has 0 radical (unpaired) electrons. The molecule has 0 saturated carbocycles. The van der Waals surface area contributed by atoms with Gasteiger partial charge in [0, 0.05) is 19.3 Å². The Hall–Kier alpha value is -2.89. The van der Waals surface area contributed by atoms with Crippen molar-refractivity contribution in [3.05, 3.63) is 60.8 Å². The summed E-state index contributed by atoms with van der Waals surface area (Å²) in [7, 11) is 0. The summed E-state index contributed by atoms with van der Waals surface area (Å²) in [5.41, 5.74) is 0. The molecule has 6 nitrogen and oxygen atoms in total. The first-order valence-corrected chi connectivity index (χ1v) is 25.3. The number of carbonyl (C=O) groups excluding carboxylic acids is 3. The molecule has 346 valence electrons. The Morgan fingerprint density at radius 2 is 0.717 bits per heavy atom. The molecule has 0 rings (SSSR count). The van der Waals surface area contributed by atoms with Gasteiger partial charge in [0.1, 0.15) is 13.2 Å². The van der Waals surface area contributed by atoms with E-state index in [0.717, 1.165) is 96.3 Å². The monoisotopic (exact) mass is 839 g/mol. The quantitative estimate of drug-likeness (QED) is 0.0200. The van der Waals surface area contributed by atoms with Crippen molar-refractivity contribution in [1.82, 2.24) is 0 Å². The number of unbranched alkanes of at least 4 members (excludes halogenated alkanes) is 25. The molecule has 0 aromatic rings. The van der Waals surface area contributed by atoms with E-state index >= 15 is 0 Å².